The number of anilines is 1. The van der Waals surface area contributed by atoms with Gasteiger partial charge in [-0.25, -0.2) is 4.39 Å². The quantitative estimate of drug-likeness (QED) is 0.786. The van der Waals surface area contributed by atoms with E-state index in [2.05, 4.69) is 0 Å². The molecule has 100 valence electrons. The molecule has 0 spiro atoms. The molecular formula is C16H12FNO2. The standard InChI is InChI=1S/C16H12FNO2/c1-10-4-2-3-5-11(10)9-18-14-7-6-12(17)8-13(14)15(19)16(18)20/h2-8H,9H2,1H3. The summed E-state index contributed by atoms with van der Waals surface area (Å²) in [5.74, 6) is -1.76. The summed E-state index contributed by atoms with van der Waals surface area (Å²) in [5, 5.41) is 0. The summed E-state index contributed by atoms with van der Waals surface area (Å²) in [5.41, 5.74) is 2.63. The molecule has 0 N–H and O–H groups in total. The minimum atomic E-state index is -0.645. The van der Waals surface area contributed by atoms with Gasteiger partial charge in [-0.1, -0.05) is 24.3 Å². The van der Waals surface area contributed by atoms with E-state index in [0.29, 0.717) is 12.2 Å². The topological polar surface area (TPSA) is 37.4 Å². The smallest absolute Gasteiger partial charge is 0.299 e. The van der Waals surface area contributed by atoms with Crippen LogP contribution in [-0.4, -0.2) is 11.7 Å². The van der Waals surface area contributed by atoms with E-state index in [4.69, 9.17) is 0 Å². The summed E-state index contributed by atoms with van der Waals surface area (Å²) in [6, 6.07) is 11.5. The molecule has 2 aromatic carbocycles. The lowest BCUT2D eigenvalue weighted by Gasteiger charge is -2.17. The molecule has 1 amide bonds. The first-order chi connectivity index (χ1) is 9.58. The maximum absolute atomic E-state index is 13.2. The lowest BCUT2D eigenvalue weighted by molar-refractivity contribution is -0.114. The number of carbonyl (C=O) groups is 2. The molecule has 20 heavy (non-hydrogen) atoms. The normalized spacial score (nSPS) is 13.8. The van der Waals surface area contributed by atoms with Crippen molar-refractivity contribution in [2.75, 3.05) is 4.90 Å². The second-order valence-electron chi connectivity index (χ2n) is 4.81. The second kappa shape index (κ2) is 4.56. The Morgan fingerprint density at radius 1 is 1.10 bits per heavy atom. The number of rotatable bonds is 2. The highest BCUT2D eigenvalue weighted by Gasteiger charge is 2.36. The zero-order chi connectivity index (χ0) is 14.3. The van der Waals surface area contributed by atoms with Crippen molar-refractivity contribution in [2.24, 2.45) is 0 Å². The average Bonchev–Trinajstić information content (AvgIpc) is 2.66. The van der Waals surface area contributed by atoms with Crippen molar-refractivity contribution in [3.63, 3.8) is 0 Å². The van der Waals surface area contributed by atoms with Crippen LogP contribution < -0.4 is 4.90 Å². The number of carbonyl (C=O) groups excluding carboxylic acids is 2. The van der Waals surface area contributed by atoms with Gasteiger partial charge in [0, 0.05) is 0 Å². The van der Waals surface area contributed by atoms with Crippen molar-refractivity contribution in [1.29, 1.82) is 0 Å². The number of hydrogen-bond donors (Lipinski definition) is 0. The van der Waals surface area contributed by atoms with Gasteiger partial charge in [0.1, 0.15) is 5.82 Å². The van der Waals surface area contributed by atoms with Crippen LogP contribution in [-0.2, 0) is 11.3 Å². The molecule has 3 nitrogen and oxygen atoms in total. The zero-order valence-corrected chi connectivity index (χ0v) is 10.9. The van der Waals surface area contributed by atoms with Crippen LogP contribution in [0, 0.1) is 12.7 Å². The number of amides is 1. The Bertz CT molecular complexity index is 724. The van der Waals surface area contributed by atoms with Crippen LogP contribution in [0.15, 0.2) is 42.5 Å². The highest BCUT2D eigenvalue weighted by Crippen LogP contribution is 2.31. The van der Waals surface area contributed by atoms with Gasteiger partial charge in [-0.3, -0.25) is 9.59 Å². The molecule has 0 aliphatic carbocycles. The first-order valence-electron chi connectivity index (χ1n) is 6.28. The third kappa shape index (κ3) is 1.90. The van der Waals surface area contributed by atoms with Gasteiger partial charge in [0.2, 0.25) is 0 Å². The SMILES string of the molecule is Cc1ccccc1CN1C(=O)C(=O)c2cc(F)ccc21. The van der Waals surface area contributed by atoms with Crippen molar-refractivity contribution < 1.29 is 14.0 Å². The molecule has 4 heteroatoms. The van der Waals surface area contributed by atoms with Crippen LogP contribution in [0.5, 0.6) is 0 Å². The molecule has 2 aromatic rings. The second-order valence-corrected chi connectivity index (χ2v) is 4.81. The minimum Gasteiger partial charge on any atom is -0.300 e. The fourth-order valence-corrected chi connectivity index (χ4v) is 2.39. The van der Waals surface area contributed by atoms with Crippen molar-refractivity contribution in [1.82, 2.24) is 0 Å². The first-order valence-corrected chi connectivity index (χ1v) is 6.28. The van der Waals surface area contributed by atoms with Crippen molar-refractivity contribution in [3.05, 3.63) is 65.0 Å². The fraction of sp³-hybridized carbons (Fsp3) is 0.125. The molecule has 1 aliphatic rings. The van der Waals surface area contributed by atoms with Crippen molar-refractivity contribution in [3.8, 4) is 0 Å². The van der Waals surface area contributed by atoms with E-state index in [1.807, 2.05) is 31.2 Å². The van der Waals surface area contributed by atoms with E-state index >= 15 is 0 Å². The van der Waals surface area contributed by atoms with E-state index in [9.17, 15) is 14.0 Å². The van der Waals surface area contributed by atoms with Gasteiger partial charge in [0.05, 0.1) is 17.8 Å². The van der Waals surface area contributed by atoms with E-state index in [-0.39, 0.29) is 5.56 Å². The van der Waals surface area contributed by atoms with E-state index < -0.39 is 17.5 Å². The monoisotopic (exact) mass is 269 g/mol. The molecule has 0 radical (unpaired) electrons. The Kier molecular flexibility index (Phi) is 2.86. The number of fused-ring (bicyclic) bond motifs is 1. The Morgan fingerprint density at radius 2 is 1.85 bits per heavy atom. The van der Waals surface area contributed by atoms with Gasteiger partial charge in [0.25, 0.3) is 11.7 Å². The molecule has 1 aliphatic heterocycles. The fourth-order valence-electron chi connectivity index (χ4n) is 2.39. The molecular weight excluding hydrogens is 257 g/mol. The van der Waals surface area contributed by atoms with Gasteiger partial charge in [-0.15, -0.1) is 0 Å². The Balaban J connectivity index is 2.02. The summed E-state index contributed by atoms with van der Waals surface area (Å²) in [7, 11) is 0. The lowest BCUT2D eigenvalue weighted by Crippen LogP contribution is -2.29. The number of benzene rings is 2. The van der Waals surface area contributed by atoms with E-state index in [1.165, 1.54) is 17.0 Å². The summed E-state index contributed by atoms with van der Waals surface area (Å²) < 4.78 is 13.2. The molecule has 1 heterocycles. The van der Waals surface area contributed by atoms with Crippen molar-refractivity contribution >= 4 is 17.4 Å². The van der Waals surface area contributed by atoms with Crippen LogP contribution in [0.25, 0.3) is 0 Å². The number of ketones is 1. The van der Waals surface area contributed by atoms with Gasteiger partial charge in [-0.2, -0.15) is 0 Å². The number of Topliss-reactive ketones (excluding diaryl/α,β-unsaturated/α-hetero) is 1. The van der Waals surface area contributed by atoms with Gasteiger partial charge in [-0.05, 0) is 36.2 Å². The van der Waals surface area contributed by atoms with Gasteiger partial charge < -0.3 is 4.90 Å². The third-order valence-corrected chi connectivity index (χ3v) is 3.52. The molecule has 0 saturated carbocycles. The predicted molar refractivity (Wildman–Crippen MR) is 73.1 cm³/mol. The Hall–Kier alpha value is -2.49. The van der Waals surface area contributed by atoms with E-state index in [1.54, 1.807) is 0 Å². The van der Waals surface area contributed by atoms with Crippen LogP contribution in [0.4, 0.5) is 10.1 Å². The highest BCUT2D eigenvalue weighted by atomic mass is 19.1. The van der Waals surface area contributed by atoms with Crippen molar-refractivity contribution in [2.45, 2.75) is 13.5 Å². The zero-order valence-electron chi connectivity index (χ0n) is 10.9. The number of halogens is 1. The number of hydrogen-bond acceptors (Lipinski definition) is 2. The summed E-state index contributed by atoms with van der Waals surface area (Å²) in [6.45, 7) is 2.26. The molecule has 0 atom stereocenters. The average molecular weight is 269 g/mol. The third-order valence-electron chi connectivity index (χ3n) is 3.52. The van der Waals surface area contributed by atoms with Crippen LogP contribution in [0.3, 0.4) is 0 Å². The summed E-state index contributed by atoms with van der Waals surface area (Å²) in [6.07, 6.45) is 0. The minimum absolute atomic E-state index is 0.142. The van der Waals surface area contributed by atoms with Crippen LogP contribution in [0.2, 0.25) is 0 Å². The van der Waals surface area contributed by atoms with E-state index in [0.717, 1.165) is 17.2 Å². The molecule has 3 rings (SSSR count). The molecule has 0 saturated heterocycles. The largest absolute Gasteiger partial charge is 0.300 e. The maximum atomic E-state index is 13.2. The molecule has 0 fully saturated rings. The lowest BCUT2D eigenvalue weighted by atomic mass is 10.1. The highest BCUT2D eigenvalue weighted by molar-refractivity contribution is 6.52. The molecule has 0 aromatic heterocycles. The Morgan fingerprint density at radius 3 is 2.60 bits per heavy atom. The van der Waals surface area contributed by atoms with Gasteiger partial charge in [0.15, 0.2) is 0 Å². The Labute approximate surface area is 115 Å². The maximum Gasteiger partial charge on any atom is 0.299 e. The van der Waals surface area contributed by atoms with Crippen LogP contribution >= 0.6 is 0 Å². The molecule has 0 bridgehead atoms. The molecule has 0 unspecified atom stereocenters. The van der Waals surface area contributed by atoms with Crippen LogP contribution in [0.1, 0.15) is 21.5 Å². The first kappa shape index (κ1) is 12.5. The summed E-state index contributed by atoms with van der Waals surface area (Å²) in [4.78, 5) is 25.3. The number of nitrogens with zero attached hydrogens (tertiary/aromatic N) is 1. The number of aryl methyl sites for hydroxylation is 1. The van der Waals surface area contributed by atoms with Gasteiger partial charge >= 0.3 is 0 Å². The summed E-state index contributed by atoms with van der Waals surface area (Å²) >= 11 is 0. The predicted octanol–water partition coefficient (Wildman–Crippen LogP) is 2.86.